The predicted octanol–water partition coefficient (Wildman–Crippen LogP) is 5.69. The Kier molecular flexibility index (Phi) is 7.50. The molecule has 1 aliphatic heterocycles. The number of rotatable bonds is 6. The molecule has 0 saturated heterocycles. The molecule has 0 saturated carbocycles. The number of carbonyl (C=O) groups excluding carboxylic acids is 2. The van der Waals surface area contributed by atoms with Gasteiger partial charge in [-0.15, -0.1) is 0 Å². The number of carbonyl (C=O) groups is 2. The van der Waals surface area contributed by atoms with Crippen molar-refractivity contribution in [3.05, 3.63) is 101 Å². The molecule has 0 fully saturated rings. The highest BCUT2D eigenvalue weighted by Gasteiger charge is 2.33. The van der Waals surface area contributed by atoms with Crippen LogP contribution in [0, 0.1) is 0 Å². The van der Waals surface area contributed by atoms with E-state index in [9.17, 15) is 9.59 Å². The zero-order valence-electron chi connectivity index (χ0n) is 20.7. The monoisotopic (exact) mass is 499 g/mol. The summed E-state index contributed by atoms with van der Waals surface area (Å²) in [5.41, 5.74) is 5.46. The lowest BCUT2D eigenvalue weighted by Gasteiger charge is -2.35. The van der Waals surface area contributed by atoms with Crippen molar-refractivity contribution in [2.45, 2.75) is 32.9 Å². The van der Waals surface area contributed by atoms with Crippen molar-refractivity contribution in [2.75, 3.05) is 12.4 Å². The van der Waals surface area contributed by atoms with Crippen molar-refractivity contribution in [3.8, 4) is 11.1 Å². The van der Waals surface area contributed by atoms with Gasteiger partial charge in [-0.25, -0.2) is 4.79 Å². The van der Waals surface area contributed by atoms with E-state index in [0.717, 1.165) is 22.4 Å². The summed E-state index contributed by atoms with van der Waals surface area (Å²) in [6.07, 6.45) is -0.239. The average Bonchev–Trinajstić information content (AvgIpc) is 2.87. The van der Waals surface area contributed by atoms with Crippen LogP contribution in [0.1, 0.15) is 42.7 Å². The summed E-state index contributed by atoms with van der Waals surface area (Å²) < 4.78 is 5.49. The number of nitrogens with one attached hydrogen (secondary N) is 2. The molecule has 0 radical (unpaired) electrons. The Morgan fingerprint density at radius 1 is 0.944 bits per heavy atom. The molecule has 184 valence electrons. The average molecular weight is 500 g/mol. The Bertz CT molecular complexity index is 1300. The van der Waals surface area contributed by atoms with E-state index in [4.69, 9.17) is 17.0 Å². The predicted molar refractivity (Wildman–Crippen MR) is 146 cm³/mol. The fraction of sp³-hybridized carbons (Fsp3) is 0.207. The van der Waals surface area contributed by atoms with E-state index < -0.39 is 6.04 Å². The van der Waals surface area contributed by atoms with Crippen LogP contribution in [0.3, 0.4) is 0 Å². The maximum Gasteiger partial charge on any atom is 0.338 e. The first-order valence-corrected chi connectivity index (χ1v) is 12.2. The molecule has 7 heteroatoms. The van der Waals surface area contributed by atoms with Crippen LogP contribution in [0.2, 0.25) is 0 Å². The molecule has 0 spiro atoms. The molecule has 3 aromatic rings. The van der Waals surface area contributed by atoms with Crippen molar-refractivity contribution >= 4 is 34.9 Å². The van der Waals surface area contributed by atoms with E-state index in [2.05, 4.69) is 10.6 Å². The molecule has 6 nitrogen and oxygen atoms in total. The van der Waals surface area contributed by atoms with E-state index >= 15 is 0 Å². The number of benzene rings is 3. The summed E-state index contributed by atoms with van der Waals surface area (Å²) in [6, 6.07) is 24.5. The first-order chi connectivity index (χ1) is 17.2. The molecule has 1 aliphatic rings. The van der Waals surface area contributed by atoms with Crippen LogP contribution in [0.4, 0.5) is 5.69 Å². The number of hydrogen-bond donors (Lipinski definition) is 2. The van der Waals surface area contributed by atoms with E-state index in [1.807, 2.05) is 107 Å². The number of nitrogens with zero attached hydrogens (tertiary/aromatic N) is 1. The van der Waals surface area contributed by atoms with Crippen molar-refractivity contribution < 1.29 is 14.3 Å². The minimum absolute atomic E-state index is 0.196. The van der Waals surface area contributed by atoms with Gasteiger partial charge in [-0.3, -0.25) is 4.79 Å². The Balaban J connectivity index is 1.50. The SMILES string of the molecule is CC1=C(C(=O)OC(C)C)[C@H](c2ccc(NC(=O)c3ccc(-c4ccccc4)cc3)cc2)NC(=S)N1C. The molecule has 0 unspecified atom stereocenters. The second-order valence-corrected chi connectivity index (χ2v) is 9.30. The minimum atomic E-state index is -0.449. The summed E-state index contributed by atoms with van der Waals surface area (Å²) in [5.74, 6) is -0.580. The molecule has 1 amide bonds. The first kappa shape index (κ1) is 25.1. The van der Waals surface area contributed by atoms with Gasteiger partial charge in [0.05, 0.1) is 17.7 Å². The lowest BCUT2D eigenvalue weighted by molar-refractivity contribution is -0.143. The van der Waals surface area contributed by atoms with Gasteiger partial charge in [0.25, 0.3) is 5.91 Å². The van der Waals surface area contributed by atoms with Crippen LogP contribution in [0.15, 0.2) is 90.1 Å². The summed E-state index contributed by atoms with van der Waals surface area (Å²) >= 11 is 5.46. The van der Waals surface area contributed by atoms with Crippen molar-refractivity contribution in [1.29, 1.82) is 0 Å². The quantitative estimate of drug-likeness (QED) is 0.335. The highest BCUT2D eigenvalue weighted by Crippen LogP contribution is 2.31. The summed E-state index contributed by atoms with van der Waals surface area (Å²) in [6.45, 7) is 5.49. The summed E-state index contributed by atoms with van der Waals surface area (Å²) in [7, 11) is 1.81. The maximum absolute atomic E-state index is 12.9. The van der Waals surface area contributed by atoms with Gasteiger partial charge in [0.15, 0.2) is 5.11 Å². The normalized spacial score (nSPS) is 15.5. The zero-order valence-corrected chi connectivity index (χ0v) is 21.6. The third-order valence-corrected chi connectivity index (χ3v) is 6.46. The van der Waals surface area contributed by atoms with E-state index in [-0.39, 0.29) is 18.0 Å². The topological polar surface area (TPSA) is 70.7 Å². The lowest BCUT2D eigenvalue weighted by Crippen LogP contribution is -2.46. The minimum Gasteiger partial charge on any atom is -0.459 e. The Hall–Kier alpha value is -3.97. The van der Waals surface area contributed by atoms with Crippen LogP contribution < -0.4 is 10.6 Å². The molecule has 1 heterocycles. The van der Waals surface area contributed by atoms with Crippen LogP contribution in [0.5, 0.6) is 0 Å². The van der Waals surface area contributed by atoms with Crippen LogP contribution in [-0.4, -0.2) is 35.0 Å². The number of hydrogen-bond acceptors (Lipinski definition) is 4. The zero-order chi connectivity index (χ0) is 25.8. The molecule has 2 N–H and O–H groups in total. The van der Waals surface area contributed by atoms with Crippen molar-refractivity contribution in [1.82, 2.24) is 10.2 Å². The molecular weight excluding hydrogens is 470 g/mol. The van der Waals surface area contributed by atoms with E-state index in [1.165, 1.54) is 0 Å². The van der Waals surface area contributed by atoms with E-state index in [1.54, 1.807) is 4.90 Å². The number of amides is 1. The number of ether oxygens (including phenoxy) is 1. The third-order valence-electron chi connectivity index (χ3n) is 6.07. The summed E-state index contributed by atoms with van der Waals surface area (Å²) in [5, 5.41) is 6.69. The van der Waals surface area contributed by atoms with Crippen LogP contribution in [-0.2, 0) is 9.53 Å². The fourth-order valence-corrected chi connectivity index (χ4v) is 4.29. The Morgan fingerprint density at radius 2 is 1.56 bits per heavy atom. The van der Waals surface area contributed by atoms with Gasteiger partial charge in [-0.1, -0.05) is 54.6 Å². The van der Waals surface area contributed by atoms with Gasteiger partial charge in [0.2, 0.25) is 0 Å². The number of allylic oxidation sites excluding steroid dienone is 1. The Labute approximate surface area is 217 Å². The maximum atomic E-state index is 12.9. The smallest absolute Gasteiger partial charge is 0.338 e. The molecule has 36 heavy (non-hydrogen) atoms. The number of thiocarbonyl (C=S) groups is 1. The molecule has 3 aromatic carbocycles. The van der Waals surface area contributed by atoms with Gasteiger partial charge < -0.3 is 20.3 Å². The van der Waals surface area contributed by atoms with Gasteiger partial charge >= 0.3 is 5.97 Å². The molecule has 0 aromatic heterocycles. The summed E-state index contributed by atoms with van der Waals surface area (Å²) in [4.78, 5) is 27.5. The molecule has 0 aliphatic carbocycles. The van der Waals surface area contributed by atoms with Crippen molar-refractivity contribution in [2.24, 2.45) is 0 Å². The largest absolute Gasteiger partial charge is 0.459 e. The number of esters is 1. The second kappa shape index (κ2) is 10.7. The molecule has 0 bridgehead atoms. The molecule has 1 atom stereocenters. The fourth-order valence-electron chi connectivity index (χ4n) is 4.03. The van der Waals surface area contributed by atoms with Gasteiger partial charge in [0, 0.05) is 24.0 Å². The lowest BCUT2D eigenvalue weighted by atomic mass is 9.95. The van der Waals surface area contributed by atoms with Crippen LogP contribution in [0.25, 0.3) is 11.1 Å². The standard InChI is InChI=1S/C29H29N3O3S/c1-18(2)35-28(34)25-19(3)32(4)29(36)31-26(25)22-14-16-24(17-15-22)30-27(33)23-12-10-21(11-13-23)20-8-6-5-7-9-20/h5-18,26H,1-4H3,(H,30,33)(H,31,36)/t26-/m0/s1. The van der Waals surface area contributed by atoms with Crippen LogP contribution >= 0.6 is 12.2 Å². The van der Waals surface area contributed by atoms with Gasteiger partial charge in [-0.2, -0.15) is 0 Å². The first-order valence-electron chi connectivity index (χ1n) is 11.8. The van der Waals surface area contributed by atoms with Gasteiger partial charge in [0.1, 0.15) is 0 Å². The molecular formula is C29H29N3O3S. The number of anilines is 1. The Morgan fingerprint density at radius 3 is 2.17 bits per heavy atom. The molecule has 4 rings (SSSR count). The van der Waals surface area contributed by atoms with Crippen molar-refractivity contribution in [3.63, 3.8) is 0 Å². The second-order valence-electron chi connectivity index (χ2n) is 8.91. The third kappa shape index (κ3) is 5.47. The highest BCUT2D eigenvalue weighted by molar-refractivity contribution is 7.80. The van der Waals surface area contributed by atoms with E-state index in [0.29, 0.717) is 21.9 Å². The van der Waals surface area contributed by atoms with Gasteiger partial charge in [-0.05, 0) is 73.9 Å². The highest BCUT2D eigenvalue weighted by atomic mass is 32.1.